The molecule has 8 atom stereocenters. The minimum atomic E-state index is -0.635. The van der Waals surface area contributed by atoms with Crippen LogP contribution in [0.3, 0.4) is 0 Å². The average molecular weight is 418 g/mol. The summed E-state index contributed by atoms with van der Waals surface area (Å²) in [5, 5.41) is 13.6. The fraction of sp³-hybridized carbons (Fsp3) is 0.440. The maximum absolute atomic E-state index is 13.5. The average Bonchev–Trinajstić information content (AvgIpc) is 3.49. The van der Waals surface area contributed by atoms with Crippen LogP contribution >= 0.6 is 0 Å². The molecule has 2 aliphatic heterocycles. The lowest BCUT2D eigenvalue weighted by Crippen LogP contribution is -2.54. The van der Waals surface area contributed by atoms with Crippen LogP contribution in [0.15, 0.2) is 60.7 Å². The zero-order valence-corrected chi connectivity index (χ0v) is 17.1. The summed E-state index contributed by atoms with van der Waals surface area (Å²) in [5.74, 6) is -0.117. The van der Waals surface area contributed by atoms with Crippen molar-refractivity contribution in [3.63, 3.8) is 0 Å². The van der Waals surface area contributed by atoms with Crippen molar-refractivity contribution in [2.45, 2.75) is 43.9 Å². The van der Waals surface area contributed by atoms with E-state index >= 15 is 0 Å². The number of aliphatic hydroxyl groups is 1. The third-order valence-electron chi connectivity index (χ3n) is 7.77. The highest BCUT2D eigenvalue weighted by atomic mass is 16.5. The second-order valence-electron chi connectivity index (χ2n) is 9.30. The van der Waals surface area contributed by atoms with Gasteiger partial charge in [-0.3, -0.25) is 9.59 Å². The summed E-state index contributed by atoms with van der Waals surface area (Å²) >= 11 is 0. The van der Waals surface area contributed by atoms with Gasteiger partial charge in [0.05, 0.1) is 18.1 Å². The van der Waals surface area contributed by atoms with Gasteiger partial charge in [-0.25, -0.2) is 0 Å². The Labute approximate surface area is 181 Å². The van der Waals surface area contributed by atoms with E-state index in [1.807, 2.05) is 60.7 Å². The molecule has 2 bridgehead atoms. The van der Waals surface area contributed by atoms with Crippen LogP contribution < -0.4 is 5.32 Å². The number of fused-ring (bicyclic) bond motifs is 2. The zero-order valence-electron chi connectivity index (χ0n) is 17.1. The summed E-state index contributed by atoms with van der Waals surface area (Å²) in [4.78, 5) is 28.6. The first-order chi connectivity index (χ1) is 15.1. The molecule has 8 unspecified atom stereocenters. The molecule has 31 heavy (non-hydrogen) atoms. The first-order valence-electron chi connectivity index (χ1n) is 11.1. The molecule has 4 aliphatic rings. The van der Waals surface area contributed by atoms with Gasteiger partial charge in [-0.15, -0.1) is 0 Å². The molecule has 0 aromatic heterocycles. The van der Waals surface area contributed by atoms with Gasteiger partial charge in [0.1, 0.15) is 12.3 Å². The predicted octanol–water partition coefficient (Wildman–Crippen LogP) is 1.72. The first kappa shape index (κ1) is 19.0. The Morgan fingerprint density at radius 3 is 2.45 bits per heavy atom. The first-order valence-corrected chi connectivity index (χ1v) is 11.1. The largest absolute Gasteiger partial charge is 0.390 e. The molecule has 2 heterocycles. The van der Waals surface area contributed by atoms with Crippen molar-refractivity contribution >= 4 is 11.8 Å². The molecule has 2 amide bonds. The highest BCUT2D eigenvalue weighted by molar-refractivity contribution is 5.91. The number of carbonyl (C=O) groups excluding carboxylic acids is 2. The molecule has 0 radical (unpaired) electrons. The number of nitrogens with zero attached hydrogens (tertiary/aromatic N) is 1. The third-order valence-corrected chi connectivity index (χ3v) is 7.77. The van der Waals surface area contributed by atoms with Gasteiger partial charge in [0.15, 0.2) is 0 Å². The molecule has 2 saturated carbocycles. The Morgan fingerprint density at radius 2 is 1.74 bits per heavy atom. The van der Waals surface area contributed by atoms with Gasteiger partial charge in [0.2, 0.25) is 11.8 Å². The molecule has 6 heteroatoms. The van der Waals surface area contributed by atoms with Crippen LogP contribution in [0.2, 0.25) is 0 Å². The molecule has 0 spiro atoms. The molecule has 2 N–H and O–H groups in total. The predicted molar refractivity (Wildman–Crippen MR) is 112 cm³/mol. The minimum Gasteiger partial charge on any atom is -0.390 e. The molecule has 2 aromatic rings. The monoisotopic (exact) mass is 418 g/mol. The molecular weight excluding hydrogens is 392 g/mol. The number of likely N-dealkylation sites (tertiary alicyclic amines) is 1. The van der Waals surface area contributed by atoms with Gasteiger partial charge in [-0.1, -0.05) is 60.7 Å². The van der Waals surface area contributed by atoms with Gasteiger partial charge in [-0.2, -0.15) is 0 Å². The van der Waals surface area contributed by atoms with E-state index < -0.39 is 18.4 Å². The molecule has 6 nitrogen and oxygen atoms in total. The van der Waals surface area contributed by atoms with Crippen molar-refractivity contribution < 1.29 is 19.4 Å². The fourth-order valence-corrected chi connectivity index (χ4v) is 6.48. The lowest BCUT2D eigenvalue weighted by Gasteiger charge is -2.34. The number of carbonyl (C=O) groups is 2. The van der Waals surface area contributed by atoms with E-state index in [1.165, 1.54) is 0 Å². The van der Waals surface area contributed by atoms with Crippen LogP contribution in [0.1, 0.15) is 17.5 Å². The number of hydrogen-bond acceptors (Lipinski definition) is 4. The van der Waals surface area contributed by atoms with Gasteiger partial charge >= 0.3 is 0 Å². The number of aliphatic hydroxyl groups excluding tert-OH is 1. The molecule has 160 valence electrons. The van der Waals surface area contributed by atoms with Crippen LogP contribution in [0.4, 0.5) is 0 Å². The molecular formula is C25H26N2O4. The SMILES string of the molecule is O=C(NCc1ccccc1)C(Cc1ccccc1)N1C(=O)C2C3CC4C(OC1C42)C3O. The number of ether oxygens (including phenoxy) is 1. The van der Waals surface area contributed by atoms with Gasteiger partial charge in [-0.05, 0) is 29.4 Å². The van der Waals surface area contributed by atoms with Crippen molar-refractivity contribution in [1.29, 1.82) is 0 Å². The van der Waals surface area contributed by atoms with E-state index in [0.29, 0.717) is 13.0 Å². The third kappa shape index (κ3) is 2.85. The van der Waals surface area contributed by atoms with Gasteiger partial charge in [0, 0.05) is 18.9 Å². The number of benzene rings is 2. The van der Waals surface area contributed by atoms with Gasteiger partial charge < -0.3 is 20.1 Å². The van der Waals surface area contributed by atoms with E-state index in [4.69, 9.17) is 4.74 Å². The van der Waals surface area contributed by atoms with Crippen LogP contribution in [-0.4, -0.2) is 46.3 Å². The molecule has 2 aliphatic carbocycles. The van der Waals surface area contributed by atoms with Crippen molar-refractivity contribution in [2.75, 3.05) is 0 Å². The smallest absolute Gasteiger partial charge is 0.243 e. The molecule has 4 fully saturated rings. The fourth-order valence-electron chi connectivity index (χ4n) is 6.48. The summed E-state index contributed by atoms with van der Waals surface area (Å²) in [5.41, 5.74) is 2.02. The summed E-state index contributed by atoms with van der Waals surface area (Å²) in [6.07, 6.45) is 0.139. The normalized spacial score (nSPS) is 35.6. The zero-order chi connectivity index (χ0) is 21.1. The Morgan fingerprint density at radius 1 is 1.06 bits per heavy atom. The Hall–Kier alpha value is -2.70. The van der Waals surface area contributed by atoms with E-state index in [9.17, 15) is 14.7 Å². The second kappa shape index (κ2) is 7.18. The van der Waals surface area contributed by atoms with Crippen molar-refractivity contribution in [3.05, 3.63) is 71.8 Å². The van der Waals surface area contributed by atoms with Crippen LogP contribution in [0.25, 0.3) is 0 Å². The van der Waals surface area contributed by atoms with Crippen LogP contribution in [-0.2, 0) is 27.3 Å². The number of nitrogens with one attached hydrogen (secondary N) is 1. The van der Waals surface area contributed by atoms with Crippen LogP contribution in [0, 0.1) is 23.7 Å². The lowest BCUT2D eigenvalue weighted by molar-refractivity contribution is -0.160. The number of hydrogen-bond donors (Lipinski definition) is 2. The molecule has 2 saturated heterocycles. The van der Waals surface area contributed by atoms with E-state index in [0.717, 1.165) is 17.5 Å². The summed E-state index contributed by atoms with van der Waals surface area (Å²) in [7, 11) is 0. The lowest BCUT2D eigenvalue weighted by atomic mass is 9.80. The maximum atomic E-state index is 13.5. The number of amides is 2. The quantitative estimate of drug-likeness (QED) is 0.749. The maximum Gasteiger partial charge on any atom is 0.243 e. The second-order valence-corrected chi connectivity index (χ2v) is 9.30. The molecule has 2 aromatic carbocycles. The Balaban J connectivity index is 1.28. The van der Waals surface area contributed by atoms with E-state index in [2.05, 4.69) is 5.32 Å². The van der Waals surface area contributed by atoms with E-state index in [-0.39, 0.29) is 41.6 Å². The van der Waals surface area contributed by atoms with E-state index in [1.54, 1.807) is 4.90 Å². The summed E-state index contributed by atoms with van der Waals surface area (Å²) < 4.78 is 6.23. The van der Waals surface area contributed by atoms with Crippen molar-refractivity contribution in [2.24, 2.45) is 23.7 Å². The van der Waals surface area contributed by atoms with Crippen LogP contribution in [0.5, 0.6) is 0 Å². The summed E-state index contributed by atoms with van der Waals surface area (Å²) in [6, 6.07) is 18.9. The highest BCUT2D eigenvalue weighted by Gasteiger charge is 2.73. The standard InChI is InChI=1S/C25H26N2O4/c28-21-16-12-17-20-19(16)24(30)27(25(20)31-22(17)21)18(11-14-7-3-1-4-8-14)23(29)26-13-15-9-5-2-6-10-15/h1-10,16-22,25,28H,11-13H2,(H,26,29). The number of rotatable bonds is 6. The Bertz CT molecular complexity index is 997. The van der Waals surface area contributed by atoms with Crippen molar-refractivity contribution in [1.82, 2.24) is 10.2 Å². The Kier molecular flexibility index (Phi) is 4.40. The topological polar surface area (TPSA) is 78.9 Å². The van der Waals surface area contributed by atoms with Crippen molar-refractivity contribution in [3.8, 4) is 0 Å². The van der Waals surface area contributed by atoms with Gasteiger partial charge in [0.25, 0.3) is 0 Å². The highest BCUT2D eigenvalue weighted by Crippen LogP contribution is 2.63. The molecule has 6 rings (SSSR count). The summed E-state index contributed by atoms with van der Waals surface area (Å²) in [6.45, 7) is 0.415. The minimum absolute atomic E-state index is 0.0320.